The molecule has 2 N–H and O–H groups in total. The second-order valence-corrected chi connectivity index (χ2v) is 4.69. The largest absolute Gasteiger partial charge is 0.378 e. The lowest BCUT2D eigenvalue weighted by molar-refractivity contribution is 0.181. The highest BCUT2D eigenvalue weighted by atomic mass is 32.1. The molecule has 3 nitrogen and oxygen atoms in total. The molecule has 0 bridgehead atoms. The monoisotopic (exact) mass is 228 g/mol. The van der Waals surface area contributed by atoms with Crippen molar-refractivity contribution in [3.8, 4) is 0 Å². The molecule has 0 amide bonds. The molecule has 0 aliphatic carbocycles. The van der Waals surface area contributed by atoms with Crippen LogP contribution in [0.1, 0.15) is 48.2 Å². The SMILES string of the molecule is CCC(CC)c1nc(COC)c(CN)s1. The quantitative estimate of drug-likeness (QED) is 0.814. The molecule has 0 radical (unpaired) electrons. The van der Waals surface area contributed by atoms with Crippen LogP contribution < -0.4 is 5.73 Å². The zero-order chi connectivity index (χ0) is 11.3. The predicted octanol–water partition coefficient (Wildman–Crippen LogP) is 2.65. The van der Waals surface area contributed by atoms with Gasteiger partial charge in [-0.1, -0.05) is 13.8 Å². The highest BCUT2D eigenvalue weighted by Gasteiger charge is 2.15. The second-order valence-electron chi connectivity index (χ2n) is 3.57. The molecule has 0 saturated carbocycles. The third-order valence-corrected chi connectivity index (χ3v) is 3.88. The van der Waals surface area contributed by atoms with Gasteiger partial charge in [0.2, 0.25) is 0 Å². The van der Waals surface area contributed by atoms with Crippen molar-refractivity contribution >= 4 is 11.3 Å². The van der Waals surface area contributed by atoms with Crippen LogP contribution in [0.2, 0.25) is 0 Å². The summed E-state index contributed by atoms with van der Waals surface area (Å²) in [7, 11) is 1.69. The van der Waals surface area contributed by atoms with Crippen LogP contribution in [-0.4, -0.2) is 12.1 Å². The summed E-state index contributed by atoms with van der Waals surface area (Å²) in [6.07, 6.45) is 2.28. The minimum Gasteiger partial charge on any atom is -0.378 e. The van der Waals surface area contributed by atoms with Crippen LogP contribution in [0, 0.1) is 0 Å². The average molecular weight is 228 g/mol. The molecule has 4 heteroatoms. The summed E-state index contributed by atoms with van der Waals surface area (Å²) in [5, 5.41) is 1.22. The molecule has 0 unspecified atom stereocenters. The Morgan fingerprint density at radius 1 is 1.40 bits per heavy atom. The van der Waals surface area contributed by atoms with Gasteiger partial charge in [-0.3, -0.25) is 0 Å². The smallest absolute Gasteiger partial charge is 0.0963 e. The number of thiazole rings is 1. The van der Waals surface area contributed by atoms with E-state index in [0.29, 0.717) is 19.1 Å². The molecule has 0 fully saturated rings. The standard InChI is InChI=1S/C11H20N2OS/c1-4-8(5-2)11-13-9(7-14-3)10(6-12)15-11/h8H,4-7,12H2,1-3H3. The first-order valence-corrected chi connectivity index (χ1v) is 6.25. The fraction of sp³-hybridized carbons (Fsp3) is 0.727. The average Bonchev–Trinajstić information content (AvgIpc) is 2.64. The fourth-order valence-electron chi connectivity index (χ4n) is 1.62. The number of nitrogens with two attached hydrogens (primary N) is 1. The molecule has 0 atom stereocenters. The maximum atomic E-state index is 5.69. The van der Waals surface area contributed by atoms with E-state index in [1.54, 1.807) is 18.4 Å². The summed E-state index contributed by atoms with van der Waals surface area (Å²) < 4.78 is 5.12. The Balaban J connectivity index is 2.90. The molecule has 0 spiro atoms. The first kappa shape index (κ1) is 12.6. The van der Waals surface area contributed by atoms with E-state index in [4.69, 9.17) is 10.5 Å². The van der Waals surface area contributed by atoms with Gasteiger partial charge in [0.25, 0.3) is 0 Å². The van der Waals surface area contributed by atoms with Crippen molar-refractivity contribution in [2.24, 2.45) is 5.73 Å². The molecule has 0 aromatic carbocycles. The van der Waals surface area contributed by atoms with E-state index in [9.17, 15) is 0 Å². The highest BCUT2D eigenvalue weighted by Crippen LogP contribution is 2.29. The van der Waals surface area contributed by atoms with Gasteiger partial charge in [0.05, 0.1) is 17.3 Å². The Morgan fingerprint density at radius 2 is 2.07 bits per heavy atom. The molecular formula is C11H20N2OS. The number of methoxy groups -OCH3 is 1. The van der Waals surface area contributed by atoms with Crippen molar-refractivity contribution in [3.05, 3.63) is 15.6 Å². The summed E-state index contributed by atoms with van der Waals surface area (Å²) in [6, 6.07) is 0. The maximum absolute atomic E-state index is 5.69. The number of aromatic nitrogens is 1. The molecule has 0 saturated heterocycles. The van der Waals surface area contributed by atoms with Gasteiger partial charge in [-0.25, -0.2) is 4.98 Å². The Labute approximate surface area is 95.7 Å². The van der Waals surface area contributed by atoms with Gasteiger partial charge in [0.15, 0.2) is 0 Å². The molecular weight excluding hydrogens is 208 g/mol. The van der Waals surface area contributed by atoms with Crippen molar-refractivity contribution in [1.82, 2.24) is 4.98 Å². The molecule has 0 aliphatic heterocycles. The van der Waals surface area contributed by atoms with Crippen LogP contribution in [0.4, 0.5) is 0 Å². The number of hydrogen-bond acceptors (Lipinski definition) is 4. The lowest BCUT2D eigenvalue weighted by Gasteiger charge is -2.06. The third kappa shape index (κ3) is 3.00. The van der Waals surface area contributed by atoms with E-state index < -0.39 is 0 Å². The van der Waals surface area contributed by atoms with E-state index in [1.165, 1.54) is 9.88 Å². The first-order chi connectivity index (χ1) is 7.26. The lowest BCUT2D eigenvalue weighted by Crippen LogP contribution is -1.99. The van der Waals surface area contributed by atoms with Crippen molar-refractivity contribution in [2.75, 3.05) is 7.11 Å². The van der Waals surface area contributed by atoms with E-state index in [0.717, 1.165) is 18.5 Å². The summed E-state index contributed by atoms with van der Waals surface area (Å²) in [4.78, 5) is 5.79. The van der Waals surface area contributed by atoms with Crippen molar-refractivity contribution < 1.29 is 4.74 Å². The normalized spacial score (nSPS) is 11.3. The van der Waals surface area contributed by atoms with Crippen molar-refractivity contribution in [1.29, 1.82) is 0 Å². The van der Waals surface area contributed by atoms with Gasteiger partial charge < -0.3 is 10.5 Å². The number of hydrogen-bond donors (Lipinski definition) is 1. The maximum Gasteiger partial charge on any atom is 0.0963 e. The summed E-state index contributed by atoms with van der Waals surface area (Å²) >= 11 is 1.74. The summed E-state index contributed by atoms with van der Waals surface area (Å²) in [5.41, 5.74) is 6.71. The van der Waals surface area contributed by atoms with Gasteiger partial charge in [0, 0.05) is 24.4 Å². The van der Waals surface area contributed by atoms with E-state index in [2.05, 4.69) is 18.8 Å². The minimum absolute atomic E-state index is 0.566. The predicted molar refractivity (Wildman–Crippen MR) is 64.0 cm³/mol. The van der Waals surface area contributed by atoms with Gasteiger partial charge in [-0.15, -0.1) is 11.3 Å². The Bertz CT molecular complexity index is 295. The van der Waals surface area contributed by atoms with Crippen LogP contribution in [0.15, 0.2) is 0 Å². The number of ether oxygens (including phenoxy) is 1. The van der Waals surface area contributed by atoms with E-state index in [1.807, 2.05) is 0 Å². The van der Waals surface area contributed by atoms with Crippen LogP contribution in [-0.2, 0) is 17.9 Å². The number of rotatable bonds is 6. The second kappa shape index (κ2) is 6.20. The molecule has 1 aromatic rings. The fourth-order valence-corrected chi connectivity index (χ4v) is 2.84. The van der Waals surface area contributed by atoms with E-state index >= 15 is 0 Å². The van der Waals surface area contributed by atoms with Crippen LogP contribution >= 0.6 is 11.3 Å². The van der Waals surface area contributed by atoms with Crippen LogP contribution in [0.25, 0.3) is 0 Å². The zero-order valence-corrected chi connectivity index (χ0v) is 10.6. The topological polar surface area (TPSA) is 48.1 Å². The zero-order valence-electron chi connectivity index (χ0n) is 9.75. The molecule has 86 valence electrons. The Kier molecular flexibility index (Phi) is 5.22. The van der Waals surface area contributed by atoms with Crippen molar-refractivity contribution in [2.45, 2.75) is 45.8 Å². The minimum atomic E-state index is 0.566. The Hall–Kier alpha value is -0.450. The molecule has 1 aromatic heterocycles. The lowest BCUT2D eigenvalue weighted by atomic mass is 10.1. The molecule has 1 heterocycles. The van der Waals surface area contributed by atoms with Gasteiger partial charge in [-0.2, -0.15) is 0 Å². The van der Waals surface area contributed by atoms with E-state index in [-0.39, 0.29) is 0 Å². The Morgan fingerprint density at radius 3 is 2.53 bits per heavy atom. The third-order valence-electron chi connectivity index (χ3n) is 2.60. The van der Waals surface area contributed by atoms with Gasteiger partial charge in [0.1, 0.15) is 0 Å². The number of nitrogens with zero attached hydrogens (tertiary/aromatic N) is 1. The highest BCUT2D eigenvalue weighted by molar-refractivity contribution is 7.11. The first-order valence-electron chi connectivity index (χ1n) is 5.44. The molecule has 1 rings (SSSR count). The van der Waals surface area contributed by atoms with Crippen LogP contribution in [0.3, 0.4) is 0 Å². The van der Waals surface area contributed by atoms with Gasteiger partial charge in [-0.05, 0) is 12.8 Å². The summed E-state index contributed by atoms with van der Waals surface area (Å²) in [6.45, 7) is 5.54. The molecule has 15 heavy (non-hydrogen) atoms. The van der Waals surface area contributed by atoms with Crippen molar-refractivity contribution in [3.63, 3.8) is 0 Å². The van der Waals surface area contributed by atoms with Gasteiger partial charge >= 0.3 is 0 Å². The molecule has 0 aliphatic rings. The summed E-state index contributed by atoms with van der Waals surface area (Å²) in [5.74, 6) is 0.575. The van der Waals surface area contributed by atoms with Crippen LogP contribution in [0.5, 0.6) is 0 Å².